The molecule has 18 heteroatoms. The molecule has 0 atom stereocenters. The number of esters is 2. The summed E-state index contributed by atoms with van der Waals surface area (Å²) in [4.78, 5) is 74.0. The second-order valence-electron chi connectivity index (χ2n) is 14.0. The van der Waals surface area contributed by atoms with Crippen LogP contribution in [0.5, 0.6) is 17.2 Å². The van der Waals surface area contributed by atoms with E-state index >= 15 is 0 Å². The molecule has 370 valence electrons. The predicted octanol–water partition coefficient (Wildman–Crippen LogP) is 11.3. The molecule has 6 aromatic rings. The zero-order valence-electron chi connectivity index (χ0n) is 38.8. The lowest BCUT2D eigenvalue weighted by atomic mass is 9.98. The number of anilines is 1. The molecule has 70 heavy (non-hydrogen) atoms. The topological polar surface area (TPSA) is 223 Å². The fraction of sp³-hybridized carbons (Fsp3) is 0.192. The van der Waals surface area contributed by atoms with Crippen LogP contribution in [0.3, 0.4) is 0 Å². The summed E-state index contributed by atoms with van der Waals surface area (Å²) in [7, 11) is 5.94. The van der Waals surface area contributed by atoms with Crippen LogP contribution in [0.4, 0.5) is 5.69 Å². The van der Waals surface area contributed by atoms with Crippen LogP contribution < -0.4 is 15.2 Å². The number of carboxylic acid groups (broad SMARTS) is 1. The van der Waals surface area contributed by atoms with Crippen LogP contribution in [0.15, 0.2) is 133 Å². The second kappa shape index (κ2) is 34.4. The number of aromatic carboxylic acids is 1. The van der Waals surface area contributed by atoms with Crippen molar-refractivity contribution in [2.75, 3.05) is 34.2 Å². The van der Waals surface area contributed by atoms with Crippen molar-refractivity contribution < 1.29 is 62.7 Å². The van der Waals surface area contributed by atoms with Crippen molar-refractivity contribution in [3.63, 3.8) is 0 Å². The number of nitrogen functional groups attached to an aromatic ring is 1. The van der Waals surface area contributed by atoms with Gasteiger partial charge >= 0.3 is 27.2 Å². The number of phenols is 1. The molecule has 0 fully saturated rings. The fourth-order valence-electron chi connectivity index (χ4n) is 5.65. The highest BCUT2D eigenvalue weighted by Gasteiger charge is 2.14. The van der Waals surface area contributed by atoms with Crippen molar-refractivity contribution in [2.24, 2.45) is 0 Å². The third-order valence-electron chi connectivity index (χ3n) is 9.29. The minimum Gasteiger partial charge on any atom is -0.508 e. The van der Waals surface area contributed by atoms with Gasteiger partial charge in [0.1, 0.15) is 17.2 Å². The van der Waals surface area contributed by atoms with Crippen LogP contribution in [-0.4, -0.2) is 77.5 Å². The first-order valence-corrected chi connectivity index (χ1v) is 22.9. The molecule has 0 heterocycles. The number of ketones is 2. The summed E-state index contributed by atoms with van der Waals surface area (Å²) in [6, 6.07) is 37.5. The average Bonchev–Trinajstić information content (AvgIpc) is 3.34. The molecule has 14 nitrogen and oxygen atoms in total. The Hall–Kier alpha value is -6.85. The quantitative estimate of drug-likeness (QED) is 0.0475. The highest BCUT2D eigenvalue weighted by molar-refractivity contribution is 9.69. The predicted molar refractivity (Wildman–Crippen MR) is 282 cm³/mol. The zero-order valence-corrected chi connectivity index (χ0v) is 43.5. The Bertz CT molecular complexity index is 2650. The summed E-state index contributed by atoms with van der Waals surface area (Å²) in [6.07, 6.45) is 0.704. The summed E-state index contributed by atoms with van der Waals surface area (Å²) in [5.41, 5.74) is 13.0. The van der Waals surface area contributed by atoms with Gasteiger partial charge in [-0.05, 0) is 127 Å². The number of Topliss-reactive ketones (excluding diaryl/α,β-unsaturated/α-hetero) is 2. The monoisotopic (exact) mass is 1150 g/mol. The smallest absolute Gasteiger partial charge is 0.373 e. The maximum absolute atomic E-state index is 12.4. The number of nitrogens with two attached hydrogens (primary N) is 1. The van der Waals surface area contributed by atoms with E-state index in [9.17, 15) is 29.1 Å². The number of aromatic hydroxyl groups is 1. The first-order valence-electron chi connectivity index (χ1n) is 20.2. The first kappa shape index (κ1) is 63.2. The first-order chi connectivity index (χ1) is 32.7. The summed E-state index contributed by atoms with van der Waals surface area (Å²) < 4.78 is 19.6. The molecule has 0 spiro atoms. The summed E-state index contributed by atoms with van der Waals surface area (Å²) in [6.45, 7) is 5.71. The van der Waals surface area contributed by atoms with Crippen LogP contribution in [0.1, 0.15) is 87.0 Å². The molecule has 0 amide bonds. The molecule has 0 aliphatic carbocycles. The molecule has 0 aliphatic heterocycles. The van der Waals surface area contributed by atoms with Gasteiger partial charge < -0.3 is 34.9 Å². The Morgan fingerprint density at radius 3 is 1.36 bits per heavy atom. The lowest BCUT2D eigenvalue weighted by Gasteiger charge is -2.08. The number of hydrogen-bond acceptors (Lipinski definition) is 13. The SMILES string of the molecule is BrB(Br)Br.C.COC(=O)c1cccc(C(=O)Cc2ccc(OC)cc2C)c1.COC(=O)c1ccccc1.COc1ccc(N)c(C)c1.Cc1cc(O)ccc1CC(=O)c1cccc(C(=O)O)c1.O=C=O. The molecule has 0 saturated heterocycles. The van der Waals surface area contributed by atoms with Gasteiger partial charge in [0.05, 0.1) is 45.1 Å². The van der Waals surface area contributed by atoms with Crippen LogP contribution in [-0.2, 0) is 31.9 Å². The van der Waals surface area contributed by atoms with E-state index in [-0.39, 0.29) is 58.5 Å². The molecule has 6 rings (SSSR count). The van der Waals surface area contributed by atoms with Crippen molar-refractivity contribution in [2.45, 2.75) is 41.0 Å². The van der Waals surface area contributed by atoms with Crippen LogP contribution >= 0.6 is 47.3 Å². The number of aryl methyl sites for hydroxylation is 3. The number of ether oxygens (including phenoxy) is 4. The molecule has 4 N–H and O–H groups in total. The summed E-state index contributed by atoms with van der Waals surface area (Å²) in [5, 5.41) is 18.3. The van der Waals surface area contributed by atoms with Crippen molar-refractivity contribution in [3.8, 4) is 17.2 Å². The zero-order chi connectivity index (χ0) is 52.1. The Kier molecular flexibility index (Phi) is 31.1. The van der Waals surface area contributed by atoms with E-state index in [2.05, 4.69) is 56.7 Å². The molecule has 0 saturated carbocycles. The van der Waals surface area contributed by atoms with Crippen LogP contribution in [0.25, 0.3) is 0 Å². The Morgan fingerprint density at radius 1 is 0.543 bits per heavy atom. The number of methoxy groups -OCH3 is 4. The minimum absolute atomic E-state index is 0. The number of hydrogen-bond donors (Lipinski definition) is 3. The number of benzene rings is 6. The van der Waals surface area contributed by atoms with Gasteiger partial charge in [-0.1, -0.05) is 62.0 Å². The van der Waals surface area contributed by atoms with E-state index in [0.29, 0.717) is 22.3 Å². The molecule has 0 unspecified atom stereocenters. The van der Waals surface area contributed by atoms with E-state index in [1.807, 2.05) is 63.2 Å². The lowest BCUT2D eigenvalue weighted by molar-refractivity contribution is -0.191. The number of rotatable bonds is 11. The number of carbonyl (C=O) groups excluding carboxylic acids is 6. The van der Waals surface area contributed by atoms with Gasteiger partial charge in [0, 0.05) is 29.7 Å². The van der Waals surface area contributed by atoms with E-state index in [1.54, 1.807) is 87.0 Å². The highest BCUT2D eigenvalue weighted by Crippen LogP contribution is 2.21. The van der Waals surface area contributed by atoms with Crippen LogP contribution in [0.2, 0.25) is 0 Å². The normalized spacial score (nSPS) is 9.23. The van der Waals surface area contributed by atoms with Gasteiger partial charge in [-0.25, -0.2) is 14.4 Å². The lowest BCUT2D eigenvalue weighted by Crippen LogP contribution is -2.08. The maximum atomic E-state index is 12.4. The third kappa shape index (κ3) is 23.9. The molecule has 0 aromatic heterocycles. The van der Waals surface area contributed by atoms with E-state index in [0.717, 1.165) is 45.0 Å². The van der Waals surface area contributed by atoms with Crippen molar-refractivity contribution in [1.29, 1.82) is 0 Å². The standard InChI is InChI=1S/C18H18O4.C16H14O4.C8H11NO.C8H8O2.CO2.CH4.BBr3/c1-12-9-16(21-2)8-7-13(12)11-17(19)14-5-4-6-15(10-14)18(20)22-3;1-10-7-14(17)6-5-11(10)9-15(18)12-3-2-4-13(8-12)16(19)20;1-6-5-7(10-2)3-4-8(6)9;1-10-8(9)7-5-3-2-4-6-7;2-1-3;;2-1(3)4/h4-10H,11H2,1-3H3;2-8,17H,9H2,1H3,(H,19,20);3-5H,9H2,1-2H3;2-6H,1H3;;1H4;. The van der Waals surface area contributed by atoms with Crippen molar-refractivity contribution >= 4 is 91.8 Å². The largest absolute Gasteiger partial charge is 0.508 e. The Balaban J connectivity index is 0.000000902. The number of phenolic OH excluding ortho intramolecular Hbond substituents is 1. The van der Waals surface area contributed by atoms with E-state index in [1.165, 1.54) is 32.4 Å². The molecular weight excluding hydrogens is 1100 g/mol. The van der Waals surface area contributed by atoms with Gasteiger partial charge in [0.25, 0.3) is 0 Å². The van der Waals surface area contributed by atoms with Crippen molar-refractivity contribution in [3.05, 3.63) is 189 Å². The Labute approximate surface area is 433 Å². The van der Waals surface area contributed by atoms with E-state index < -0.39 is 11.9 Å². The second-order valence-corrected chi connectivity index (χ2v) is 20.4. The summed E-state index contributed by atoms with van der Waals surface area (Å²) >= 11 is 9.31. The van der Waals surface area contributed by atoms with Gasteiger partial charge in [0.15, 0.2) is 11.6 Å². The number of carboxylic acids is 1. The van der Waals surface area contributed by atoms with E-state index in [4.69, 9.17) is 29.9 Å². The number of carbonyl (C=O) groups is 5. The average molecular weight is 1150 g/mol. The summed E-state index contributed by atoms with van der Waals surface area (Å²) in [5.74, 6) is -0.211. The van der Waals surface area contributed by atoms with Gasteiger partial charge in [-0.3, -0.25) is 9.59 Å². The van der Waals surface area contributed by atoms with Crippen molar-refractivity contribution in [1.82, 2.24) is 0 Å². The van der Waals surface area contributed by atoms with Gasteiger partial charge in [-0.15, -0.1) is 47.3 Å². The fourth-order valence-corrected chi connectivity index (χ4v) is 5.65. The molecule has 0 radical (unpaired) electrons. The number of halogens is 3. The molecule has 0 bridgehead atoms. The van der Waals surface area contributed by atoms with Crippen LogP contribution in [0, 0.1) is 20.8 Å². The Morgan fingerprint density at radius 2 is 0.929 bits per heavy atom. The third-order valence-corrected chi connectivity index (χ3v) is 9.29. The molecular formula is C52H55BBr3NO13. The molecule has 0 aliphatic rings. The highest BCUT2D eigenvalue weighted by atomic mass is 79.9. The maximum Gasteiger partial charge on any atom is 0.373 e. The minimum atomic E-state index is -1.06. The van der Waals surface area contributed by atoms with Gasteiger partial charge in [0.2, 0.25) is 0 Å². The molecule has 6 aromatic carbocycles. The van der Waals surface area contributed by atoms with Gasteiger partial charge in [-0.2, -0.15) is 9.59 Å².